The van der Waals surface area contributed by atoms with Gasteiger partial charge < -0.3 is 5.32 Å². The minimum absolute atomic E-state index is 0.0863. The van der Waals surface area contributed by atoms with Crippen LogP contribution in [0.3, 0.4) is 0 Å². The first-order valence-corrected chi connectivity index (χ1v) is 7.55. The molecule has 1 aliphatic carbocycles. The summed E-state index contributed by atoms with van der Waals surface area (Å²) in [6.45, 7) is 5.30. The van der Waals surface area contributed by atoms with E-state index in [9.17, 15) is 4.39 Å². The molecule has 1 nitrogen and oxygen atoms in total. The zero-order valence-corrected chi connectivity index (χ0v) is 12.4. The molecule has 2 heteroatoms. The molecular formula is C17H26FN. The topological polar surface area (TPSA) is 12.0 Å². The van der Waals surface area contributed by atoms with Gasteiger partial charge in [0.2, 0.25) is 0 Å². The average molecular weight is 263 g/mol. The fraction of sp³-hybridized carbons (Fsp3) is 0.647. The Labute approximate surface area is 116 Å². The fourth-order valence-electron chi connectivity index (χ4n) is 3.58. The highest BCUT2D eigenvalue weighted by Gasteiger charge is 2.30. The molecule has 0 aromatic heterocycles. The highest BCUT2D eigenvalue weighted by atomic mass is 19.1. The number of nitrogens with one attached hydrogen (secondary N) is 1. The van der Waals surface area contributed by atoms with E-state index in [1.807, 2.05) is 14.0 Å². The van der Waals surface area contributed by atoms with Crippen molar-refractivity contribution in [1.82, 2.24) is 5.32 Å². The highest BCUT2D eigenvalue weighted by molar-refractivity contribution is 5.27. The molecule has 0 bridgehead atoms. The quantitative estimate of drug-likeness (QED) is 0.855. The SMILES string of the molecule is CCC1CCC(CNC)C(c2cc(C)cc(F)c2)C1. The Bertz CT molecular complexity index is 395. The van der Waals surface area contributed by atoms with Gasteiger partial charge in [-0.15, -0.1) is 0 Å². The third kappa shape index (κ3) is 3.56. The smallest absolute Gasteiger partial charge is 0.123 e. The highest BCUT2D eigenvalue weighted by Crippen LogP contribution is 2.41. The molecule has 1 aromatic rings. The van der Waals surface area contributed by atoms with Crippen LogP contribution in [0.25, 0.3) is 0 Å². The molecule has 1 saturated carbocycles. The fourth-order valence-corrected chi connectivity index (χ4v) is 3.58. The van der Waals surface area contributed by atoms with Crippen molar-refractivity contribution in [2.45, 2.75) is 45.4 Å². The number of hydrogen-bond acceptors (Lipinski definition) is 1. The van der Waals surface area contributed by atoms with Gasteiger partial charge in [-0.25, -0.2) is 4.39 Å². The average Bonchev–Trinajstić information content (AvgIpc) is 2.38. The van der Waals surface area contributed by atoms with E-state index in [0.717, 1.165) is 18.0 Å². The van der Waals surface area contributed by atoms with Crippen LogP contribution in [0.4, 0.5) is 4.39 Å². The van der Waals surface area contributed by atoms with E-state index < -0.39 is 0 Å². The van der Waals surface area contributed by atoms with Crippen molar-refractivity contribution in [3.8, 4) is 0 Å². The van der Waals surface area contributed by atoms with Crippen LogP contribution in [0, 0.1) is 24.6 Å². The van der Waals surface area contributed by atoms with Gasteiger partial charge in [-0.3, -0.25) is 0 Å². The monoisotopic (exact) mass is 263 g/mol. The van der Waals surface area contributed by atoms with Crippen molar-refractivity contribution >= 4 is 0 Å². The number of halogens is 1. The maximum atomic E-state index is 13.7. The van der Waals surface area contributed by atoms with Crippen molar-refractivity contribution in [3.63, 3.8) is 0 Å². The zero-order chi connectivity index (χ0) is 13.8. The molecule has 1 fully saturated rings. The van der Waals surface area contributed by atoms with Gasteiger partial charge in [0.25, 0.3) is 0 Å². The van der Waals surface area contributed by atoms with Crippen LogP contribution in [-0.2, 0) is 0 Å². The molecule has 1 aromatic carbocycles. The number of aryl methyl sites for hydroxylation is 1. The van der Waals surface area contributed by atoms with Gasteiger partial charge in [-0.05, 0) is 74.4 Å². The predicted molar refractivity (Wildman–Crippen MR) is 78.9 cm³/mol. The van der Waals surface area contributed by atoms with Gasteiger partial charge in [-0.1, -0.05) is 25.8 Å². The van der Waals surface area contributed by atoms with E-state index >= 15 is 0 Å². The third-order valence-electron chi connectivity index (χ3n) is 4.64. The molecule has 0 radical (unpaired) electrons. The molecule has 0 saturated heterocycles. The summed E-state index contributed by atoms with van der Waals surface area (Å²) in [4.78, 5) is 0. The van der Waals surface area contributed by atoms with Crippen molar-refractivity contribution in [2.75, 3.05) is 13.6 Å². The van der Waals surface area contributed by atoms with E-state index in [4.69, 9.17) is 0 Å². The second kappa shape index (κ2) is 6.51. The van der Waals surface area contributed by atoms with Crippen LogP contribution in [0.5, 0.6) is 0 Å². The van der Waals surface area contributed by atoms with Gasteiger partial charge in [0.15, 0.2) is 0 Å². The summed E-state index contributed by atoms with van der Waals surface area (Å²) < 4.78 is 13.7. The second-order valence-electron chi connectivity index (χ2n) is 6.07. The van der Waals surface area contributed by atoms with Gasteiger partial charge in [0.05, 0.1) is 0 Å². The molecule has 0 heterocycles. The minimum atomic E-state index is -0.0863. The lowest BCUT2D eigenvalue weighted by Crippen LogP contribution is -2.30. The lowest BCUT2D eigenvalue weighted by molar-refractivity contribution is 0.228. The molecule has 1 N–H and O–H groups in total. The standard InChI is InChI=1S/C17H26FN/c1-4-13-5-6-14(11-19-3)17(9-13)15-7-12(2)8-16(18)10-15/h7-8,10,13-14,17,19H,4-6,9,11H2,1-3H3. The van der Waals surface area contributed by atoms with Crippen molar-refractivity contribution in [3.05, 3.63) is 35.1 Å². The Kier molecular flexibility index (Phi) is 4.98. The number of benzene rings is 1. The number of rotatable bonds is 4. The molecule has 3 atom stereocenters. The van der Waals surface area contributed by atoms with Crippen molar-refractivity contribution in [1.29, 1.82) is 0 Å². The van der Waals surface area contributed by atoms with Crippen LogP contribution in [0.1, 0.15) is 49.7 Å². The Morgan fingerprint density at radius 1 is 1.26 bits per heavy atom. The summed E-state index contributed by atoms with van der Waals surface area (Å²) in [7, 11) is 2.01. The zero-order valence-electron chi connectivity index (χ0n) is 12.4. The van der Waals surface area contributed by atoms with Crippen LogP contribution in [0.2, 0.25) is 0 Å². The van der Waals surface area contributed by atoms with Gasteiger partial charge in [0.1, 0.15) is 5.82 Å². The minimum Gasteiger partial charge on any atom is -0.319 e. The van der Waals surface area contributed by atoms with Crippen LogP contribution in [-0.4, -0.2) is 13.6 Å². The molecule has 106 valence electrons. The molecule has 3 unspecified atom stereocenters. The van der Waals surface area contributed by atoms with E-state index in [0.29, 0.717) is 11.8 Å². The first-order valence-electron chi connectivity index (χ1n) is 7.55. The molecule has 0 amide bonds. The van der Waals surface area contributed by atoms with Crippen LogP contribution in [0.15, 0.2) is 18.2 Å². The van der Waals surface area contributed by atoms with E-state index in [2.05, 4.69) is 18.3 Å². The van der Waals surface area contributed by atoms with Crippen LogP contribution >= 0.6 is 0 Å². The van der Waals surface area contributed by atoms with Crippen molar-refractivity contribution in [2.24, 2.45) is 11.8 Å². The molecule has 1 aliphatic rings. The lowest BCUT2D eigenvalue weighted by atomic mass is 9.70. The largest absolute Gasteiger partial charge is 0.319 e. The first kappa shape index (κ1) is 14.5. The van der Waals surface area contributed by atoms with E-state index in [-0.39, 0.29) is 5.82 Å². The summed E-state index contributed by atoms with van der Waals surface area (Å²) >= 11 is 0. The van der Waals surface area contributed by atoms with Gasteiger partial charge in [-0.2, -0.15) is 0 Å². The van der Waals surface area contributed by atoms with Crippen molar-refractivity contribution < 1.29 is 4.39 Å². The van der Waals surface area contributed by atoms with E-state index in [1.54, 1.807) is 12.1 Å². The normalized spacial score (nSPS) is 27.5. The molecule has 19 heavy (non-hydrogen) atoms. The summed E-state index contributed by atoms with van der Waals surface area (Å²) in [6.07, 6.45) is 5.05. The van der Waals surface area contributed by atoms with Crippen LogP contribution < -0.4 is 5.32 Å². The first-order chi connectivity index (χ1) is 9.13. The Morgan fingerprint density at radius 3 is 2.68 bits per heavy atom. The van der Waals surface area contributed by atoms with Gasteiger partial charge in [0, 0.05) is 0 Å². The summed E-state index contributed by atoms with van der Waals surface area (Å²) in [6, 6.07) is 5.55. The second-order valence-corrected chi connectivity index (χ2v) is 6.07. The molecule has 0 spiro atoms. The third-order valence-corrected chi connectivity index (χ3v) is 4.64. The van der Waals surface area contributed by atoms with E-state index in [1.165, 1.54) is 31.2 Å². The summed E-state index contributed by atoms with van der Waals surface area (Å²) in [5.41, 5.74) is 2.24. The summed E-state index contributed by atoms with van der Waals surface area (Å²) in [5, 5.41) is 3.31. The predicted octanol–water partition coefficient (Wildman–Crippen LogP) is 4.26. The maximum absolute atomic E-state index is 13.7. The Hall–Kier alpha value is -0.890. The molecular weight excluding hydrogens is 237 g/mol. The Morgan fingerprint density at radius 2 is 2.05 bits per heavy atom. The Balaban J connectivity index is 2.24. The molecule has 0 aliphatic heterocycles. The molecule has 2 rings (SSSR count). The lowest BCUT2D eigenvalue weighted by Gasteiger charge is -2.36. The van der Waals surface area contributed by atoms with Gasteiger partial charge >= 0.3 is 0 Å². The summed E-state index contributed by atoms with van der Waals surface area (Å²) in [5.74, 6) is 1.88. The number of hydrogen-bond donors (Lipinski definition) is 1. The maximum Gasteiger partial charge on any atom is 0.123 e.